The van der Waals surface area contributed by atoms with Crippen molar-refractivity contribution >= 4 is 11.6 Å². The number of fused-ring (bicyclic) bond motifs is 1. The van der Waals surface area contributed by atoms with Crippen LogP contribution in [0.5, 0.6) is 0 Å². The van der Waals surface area contributed by atoms with E-state index in [1.54, 1.807) is 0 Å². The Bertz CT molecular complexity index is 568. The molecule has 1 N–H and O–H groups in total. The van der Waals surface area contributed by atoms with Gasteiger partial charge in [-0.3, -0.25) is 4.79 Å². The highest BCUT2D eigenvalue weighted by Crippen LogP contribution is 2.07. The Morgan fingerprint density at radius 3 is 2.90 bits per heavy atom. The van der Waals surface area contributed by atoms with Crippen LogP contribution in [0, 0.1) is 0 Å². The highest BCUT2D eigenvalue weighted by molar-refractivity contribution is 5.78. The number of rotatable bonds is 5. The summed E-state index contributed by atoms with van der Waals surface area (Å²) in [6.07, 6.45) is 8.13. The van der Waals surface area contributed by atoms with E-state index < -0.39 is 0 Å². The molecule has 3 heterocycles. The summed E-state index contributed by atoms with van der Waals surface area (Å²) in [5.74, 6) is 0.0513. The van der Waals surface area contributed by atoms with E-state index in [0.717, 1.165) is 24.4 Å². The first-order valence-corrected chi connectivity index (χ1v) is 7.73. The predicted octanol–water partition coefficient (Wildman–Crippen LogP) is 1.48. The summed E-state index contributed by atoms with van der Waals surface area (Å²) in [7, 11) is 0. The largest absolute Gasteiger partial charge is 0.354 e. The van der Waals surface area contributed by atoms with E-state index in [0.29, 0.717) is 6.42 Å². The summed E-state index contributed by atoms with van der Waals surface area (Å²) in [6.45, 7) is 4.02. The molecule has 112 valence electrons. The van der Waals surface area contributed by atoms with Crippen LogP contribution in [-0.4, -0.2) is 46.4 Å². The minimum atomic E-state index is 0.0513. The van der Waals surface area contributed by atoms with Gasteiger partial charge in [0.1, 0.15) is 5.65 Å². The molecule has 0 bridgehead atoms. The highest BCUT2D eigenvalue weighted by Gasteiger charge is 2.11. The van der Waals surface area contributed by atoms with Gasteiger partial charge in [-0.1, -0.05) is 12.5 Å². The second-order valence-corrected chi connectivity index (χ2v) is 5.63. The standard InChI is InChI=1S/C16H22N4O/c21-16(17-7-11-19-8-3-1-4-9-19)12-14-13-20-10-5-2-6-15(20)18-14/h2,5-6,10,13H,1,3-4,7-9,11-12H2,(H,17,21). The Morgan fingerprint density at radius 2 is 2.10 bits per heavy atom. The molecule has 5 heteroatoms. The van der Waals surface area contributed by atoms with Gasteiger partial charge in [0.2, 0.25) is 5.91 Å². The number of carbonyl (C=O) groups is 1. The Morgan fingerprint density at radius 1 is 1.24 bits per heavy atom. The molecule has 2 aromatic heterocycles. The summed E-state index contributed by atoms with van der Waals surface area (Å²) in [5, 5.41) is 2.99. The van der Waals surface area contributed by atoms with Crippen LogP contribution in [0.3, 0.4) is 0 Å². The lowest BCUT2D eigenvalue weighted by Crippen LogP contribution is -2.38. The molecule has 1 aliphatic rings. The number of nitrogens with zero attached hydrogens (tertiary/aromatic N) is 3. The number of amides is 1. The molecule has 1 fully saturated rings. The van der Waals surface area contributed by atoms with Gasteiger partial charge < -0.3 is 14.6 Å². The predicted molar refractivity (Wildman–Crippen MR) is 82.2 cm³/mol. The van der Waals surface area contributed by atoms with Crippen LogP contribution in [-0.2, 0) is 11.2 Å². The van der Waals surface area contributed by atoms with Crippen molar-refractivity contribution in [2.24, 2.45) is 0 Å². The zero-order valence-corrected chi connectivity index (χ0v) is 12.3. The van der Waals surface area contributed by atoms with Crippen LogP contribution in [0.2, 0.25) is 0 Å². The number of nitrogens with one attached hydrogen (secondary N) is 1. The smallest absolute Gasteiger partial charge is 0.226 e. The van der Waals surface area contributed by atoms with E-state index in [9.17, 15) is 4.79 Å². The number of aromatic nitrogens is 2. The third kappa shape index (κ3) is 3.82. The van der Waals surface area contributed by atoms with Gasteiger partial charge in [0.05, 0.1) is 12.1 Å². The molecular formula is C16H22N4O. The summed E-state index contributed by atoms with van der Waals surface area (Å²) in [6, 6.07) is 5.85. The summed E-state index contributed by atoms with van der Waals surface area (Å²) in [4.78, 5) is 18.8. The molecule has 1 aliphatic heterocycles. The van der Waals surface area contributed by atoms with Crippen LogP contribution in [0.25, 0.3) is 5.65 Å². The average molecular weight is 286 g/mol. The molecule has 1 amide bonds. The second-order valence-electron chi connectivity index (χ2n) is 5.63. The van der Waals surface area contributed by atoms with Crippen molar-refractivity contribution in [3.05, 3.63) is 36.3 Å². The lowest BCUT2D eigenvalue weighted by molar-refractivity contribution is -0.120. The minimum absolute atomic E-state index is 0.0513. The van der Waals surface area contributed by atoms with Gasteiger partial charge in [0.25, 0.3) is 0 Å². The van der Waals surface area contributed by atoms with Crippen LogP contribution >= 0.6 is 0 Å². The van der Waals surface area contributed by atoms with Gasteiger partial charge in [-0.05, 0) is 38.1 Å². The molecule has 0 radical (unpaired) electrons. The van der Waals surface area contributed by atoms with Crippen molar-refractivity contribution < 1.29 is 4.79 Å². The van der Waals surface area contributed by atoms with E-state index in [1.165, 1.54) is 32.4 Å². The van der Waals surface area contributed by atoms with Gasteiger partial charge in [-0.15, -0.1) is 0 Å². The first-order chi connectivity index (χ1) is 10.3. The van der Waals surface area contributed by atoms with Crippen LogP contribution in [0.4, 0.5) is 0 Å². The topological polar surface area (TPSA) is 49.6 Å². The first kappa shape index (κ1) is 14.1. The number of likely N-dealkylation sites (tertiary alicyclic amines) is 1. The Kier molecular flexibility index (Phi) is 4.50. The van der Waals surface area contributed by atoms with Gasteiger partial charge in [-0.25, -0.2) is 4.98 Å². The SMILES string of the molecule is O=C(Cc1cn2ccccc2n1)NCCN1CCCCC1. The molecule has 0 atom stereocenters. The lowest BCUT2D eigenvalue weighted by Gasteiger charge is -2.26. The average Bonchev–Trinajstić information content (AvgIpc) is 2.90. The quantitative estimate of drug-likeness (QED) is 0.906. The van der Waals surface area contributed by atoms with Gasteiger partial charge in [-0.2, -0.15) is 0 Å². The highest BCUT2D eigenvalue weighted by atomic mass is 16.1. The third-order valence-electron chi connectivity index (χ3n) is 3.95. The number of carbonyl (C=O) groups excluding carboxylic acids is 1. The molecule has 0 aliphatic carbocycles. The molecule has 3 rings (SSSR count). The third-order valence-corrected chi connectivity index (χ3v) is 3.95. The van der Waals surface area contributed by atoms with E-state index >= 15 is 0 Å². The fraction of sp³-hybridized carbons (Fsp3) is 0.500. The van der Waals surface area contributed by atoms with Crippen molar-refractivity contribution in [3.63, 3.8) is 0 Å². The molecule has 0 spiro atoms. The maximum Gasteiger partial charge on any atom is 0.226 e. The first-order valence-electron chi connectivity index (χ1n) is 7.73. The molecule has 21 heavy (non-hydrogen) atoms. The molecule has 5 nitrogen and oxygen atoms in total. The van der Waals surface area contributed by atoms with Crippen molar-refractivity contribution in [1.29, 1.82) is 0 Å². The minimum Gasteiger partial charge on any atom is -0.354 e. The fourth-order valence-corrected chi connectivity index (χ4v) is 2.84. The van der Waals surface area contributed by atoms with Gasteiger partial charge in [0.15, 0.2) is 0 Å². The Hall–Kier alpha value is -1.88. The zero-order chi connectivity index (χ0) is 14.5. The number of piperidine rings is 1. The lowest BCUT2D eigenvalue weighted by atomic mass is 10.1. The van der Waals surface area contributed by atoms with Crippen molar-refractivity contribution in [3.8, 4) is 0 Å². The van der Waals surface area contributed by atoms with Crippen LogP contribution < -0.4 is 5.32 Å². The number of hydrogen-bond acceptors (Lipinski definition) is 3. The molecule has 0 saturated carbocycles. The van der Waals surface area contributed by atoms with Crippen LogP contribution in [0.1, 0.15) is 25.0 Å². The molecule has 0 aromatic carbocycles. The van der Waals surface area contributed by atoms with E-state index in [4.69, 9.17) is 0 Å². The van der Waals surface area contributed by atoms with Crippen molar-refractivity contribution in [2.75, 3.05) is 26.2 Å². The Balaban J connectivity index is 1.45. The summed E-state index contributed by atoms with van der Waals surface area (Å²) >= 11 is 0. The monoisotopic (exact) mass is 286 g/mol. The number of hydrogen-bond donors (Lipinski definition) is 1. The molecule has 2 aromatic rings. The number of imidazole rings is 1. The summed E-state index contributed by atoms with van der Waals surface area (Å²) < 4.78 is 1.94. The fourth-order valence-electron chi connectivity index (χ4n) is 2.84. The van der Waals surface area contributed by atoms with E-state index in [-0.39, 0.29) is 5.91 Å². The number of pyridine rings is 1. The van der Waals surface area contributed by atoms with Gasteiger partial charge >= 0.3 is 0 Å². The maximum absolute atomic E-state index is 12.0. The van der Waals surface area contributed by atoms with Crippen molar-refractivity contribution in [2.45, 2.75) is 25.7 Å². The van der Waals surface area contributed by atoms with Crippen molar-refractivity contribution in [1.82, 2.24) is 19.6 Å². The van der Waals surface area contributed by atoms with E-state index in [2.05, 4.69) is 15.2 Å². The molecule has 1 saturated heterocycles. The normalized spacial score (nSPS) is 16.2. The summed E-state index contributed by atoms with van der Waals surface area (Å²) in [5.41, 5.74) is 1.70. The maximum atomic E-state index is 12.0. The van der Waals surface area contributed by atoms with Crippen LogP contribution in [0.15, 0.2) is 30.6 Å². The van der Waals surface area contributed by atoms with E-state index in [1.807, 2.05) is 35.0 Å². The second kappa shape index (κ2) is 6.72. The molecule has 0 unspecified atom stereocenters. The molecular weight excluding hydrogens is 264 g/mol. The zero-order valence-electron chi connectivity index (χ0n) is 12.3. The Labute approximate surface area is 125 Å². The van der Waals surface area contributed by atoms with Gasteiger partial charge in [0, 0.05) is 25.5 Å².